The lowest BCUT2D eigenvalue weighted by Gasteiger charge is -2.47. The number of ketones is 1. The maximum absolute atomic E-state index is 12.3. The number of carbonyl (C=O) groups is 2. The quantitative estimate of drug-likeness (QED) is 0.0831. The van der Waals surface area contributed by atoms with Gasteiger partial charge in [0.15, 0.2) is 6.29 Å². The maximum atomic E-state index is 12.3. The second-order valence-corrected chi connectivity index (χ2v) is 13.7. The zero-order valence-electron chi connectivity index (χ0n) is 23.7. The average molecular weight is 569 g/mol. The number of Topliss-reactive ketones (excluding diaryl/α,β-unsaturated/α-hetero) is 1. The predicted octanol–water partition coefficient (Wildman–Crippen LogP) is 8.58. The molecule has 0 saturated heterocycles. The monoisotopic (exact) mass is 568 g/mol. The molecule has 0 aliphatic heterocycles. The van der Waals surface area contributed by atoms with Gasteiger partial charge in [0.05, 0.1) is 16.8 Å². The molecule has 1 heterocycles. The third-order valence-electron chi connectivity index (χ3n) is 7.20. The van der Waals surface area contributed by atoms with Gasteiger partial charge in [-0.2, -0.15) is 0 Å². The number of benzene rings is 3. The van der Waals surface area contributed by atoms with Gasteiger partial charge in [0.2, 0.25) is 14.8 Å². The van der Waals surface area contributed by atoms with E-state index in [0.29, 0.717) is 29.7 Å². The SMILES string of the molecule is C[Si](C)O[C@](CCc1ccccc1C(=O)C=O)(c1cccc(/C=C/c2ccc3ccc(Cl)cc3n2)c1)C(C)(C)C. The molecule has 0 saturated carbocycles. The van der Waals surface area contributed by atoms with Crippen molar-refractivity contribution in [3.8, 4) is 0 Å². The van der Waals surface area contributed by atoms with E-state index in [9.17, 15) is 9.59 Å². The smallest absolute Gasteiger partial charge is 0.225 e. The van der Waals surface area contributed by atoms with E-state index in [1.54, 1.807) is 12.1 Å². The Labute approximate surface area is 243 Å². The molecule has 0 amide bonds. The van der Waals surface area contributed by atoms with Gasteiger partial charge < -0.3 is 4.43 Å². The van der Waals surface area contributed by atoms with Gasteiger partial charge in [0.25, 0.3) is 0 Å². The highest BCUT2D eigenvalue weighted by molar-refractivity contribution is 6.48. The number of aryl methyl sites for hydroxylation is 1. The van der Waals surface area contributed by atoms with E-state index in [1.165, 1.54) is 0 Å². The van der Waals surface area contributed by atoms with E-state index < -0.39 is 20.4 Å². The molecule has 0 unspecified atom stereocenters. The van der Waals surface area contributed by atoms with Crippen LogP contribution in [-0.4, -0.2) is 26.1 Å². The van der Waals surface area contributed by atoms with Crippen molar-refractivity contribution in [3.63, 3.8) is 0 Å². The van der Waals surface area contributed by atoms with Crippen LogP contribution in [0, 0.1) is 5.41 Å². The van der Waals surface area contributed by atoms with Gasteiger partial charge >= 0.3 is 0 Å². The van der Waals surface area contributed by atoms with Crippen LogP contribution >= 0.6 is 11.6 Å². The van der Waals surface area contributed by atoms with Crippen molar-refractivity contribution in [2.45, 2.75) is 52.3 Å². The molecule has 1 aromatic heterocycles. The number of carbonyl (C=O) groups excluding carboxylic acids is 2. The Bertz CT molecular complexity index is 1560. The Hall–Kier alpha value is -3.38. The van der Waals surface area contributed by atoms with E-state index in [4.69, 9.17) is 21.0 Å². The van der Waals surface area contributed by atoms with Crippen LogP contribution in [0.2, 0.25) is 18.1 Å². The van der Waals surface area contributed by atoms with Gasteiger partial charge in [-0.3, -0.25) is 9.59 Å². The van der Waals surface area contributed by atoms with Gasteiger partial charge in [-0.05, 0) is 78.4 Å². The van der Waals surface area contributed by atoms with Crippen LogP contribution in [0.25, 0.3) is 23.1 Å². The van der Waals surface area contributed by atoms with Crippen LogP contribution in [0.15, 0.2) is 78.9 Å². The molecule has 4 nitrogen and oxygen atoms in total. The summed E-state index contributed by atoms with van der Waals surface area (Å²) < 4.78 is 6.91. The molecule has 0 fully saturated rings. The highest BCUT2D eigenvalue weighted by Gasteiger charge is 2.45. The number of fused-ring (bicyclic) bond motifs is 1. The number of pyridine rings is 1. The standard InChI is InChI=1S/C34H35ClNO3Si/c1-33(2,3)34(39-40(4)5,20-19-25-10-6-7-12-30(25)32(38)23-37)27-11-8-9-24(21-27)13-17-29-18-15-26-14-16-28(35)22-31(26)36-29/h6-18,21-23H,19-20H2,1-5H3/b17-13+/t34-/m1/s1. The second-order valence-electron chi connectivity index (χ2n) is 11.3. The minimum Gasteiger partial charge on any atom is -0.407 e. The van der Waals surface area contributed by atoms with Crippen LogP contribution in [0.4, 0.5) is 0 Å². The van der Waals surface area contributed by atoms with Gasteiger partial charge in [-0.15, -0.1) is 0 Å². The van der Waals surface area contributed by atoms with Crippen molar-refractivity contribution >= 4 is 55.8 Å². The number of hydrogen-bond donors (Lipinski definition) is 0. The minimum atomic E-state index is -1.11. The first-order valence-electron chi connectivity index (χ1n) is 13.4. The lowest BCUT2D eigenvalue weighted by atomic mass is 9.69. The lowest BCUT2D eigenvalue weighted by molar-refractivity contribution is -0.104. The van der Waals surface area contributed by atoms with Crippen molar-refractivity contribution in [1.82, 2.24) is 4.98 Å². The fourth-order valence-electron chi connectivity index (χ4n) is 5.19. The first-order valence-corrected chi connectivity index (χ1v) is 16.2. The minimum absolute atomic E-state index is 0.250. The van der Waals surface area contributed by atoms with Crippen molar-refractivity contribution in [2.24, 2.45) is 5.41 Å². The summed E-state index contributed by atoms with van der Waals surface area (Å²) in [5, 5.41) is 1.71. The molecule has 40 heavy (non-hydrogen) atoms. The van der Waals surface area contributed by atoms with Crippen LogP contribution in [0.3, 0.4) is 0 Å². The Kier molecular flexibility index (Phi) is 9.19. The van der Waals surface area contributed by atoms with E-state index in [1.807, 2.05) is 48.5 Å². The van der Waals surface area contributed by atoms with Crippen molar-refractivity contribution in [2.75, 3.05) is 0 Å². The lowest BCUT2D eigenvalue weighted by Crippen LogP contribution is -2.46. The summed E-state index contributed by atoms with van der Waals surface area (Å²) >= 11 is 6.17. The van der Waals surface area contributed by atoms with Gasteiger partial charge in [0, 0.05) is 16.0 Å². The van der Waals surface area contributed by atoms with E-state index in [2.05, 4.69) is 64.2 Å². The molecule has 4 aromatic rings. The number of rotatable bonds is 10. The summed E-state index contributed by atoms with van der Waals surface area (Å²) in [6.45, 7) is 10.9. The van der Waals surface area contributed by atoms with Crippen molar-refractivity contribution in [1.29, 1.82) is 0 Å². The highest BCUT2D eigenvalue weighted by atomic mass is 35.5. The highest BCUT2D eigenvalue weighted by Crippen LogP contribution is 2.47. The van der Waals surface area contributed by atoms with E-state index in [0.717, 1.165) is 33.3 Å². The van der Waals surface area contributed by atoms with Gasteiger partial charge in [-0.25, -0.2) is 4.98 Å². The Morgan fingerprint density at radius 3 is 2.42 bits per heavy atom. The first-order chi connectivity index (χ1) is 19.0. The third-order valence-corrected chi connectivity index (χ3v) is 8.19. The molecule has 1 radical (unpaired) electrons. The fraction of sp³-hybridized carbons (Fsp3) is 0.265. The molecule has 0 aliphatic rings. The van der Waals surface area contributed by atoms with Crippen LogP contribution < -0.4 is 0 Å². The topological polar surface area (TPSA) is 56.3 Å². The molecule has 6 heteroatoms. The summed E-state index contributed by atoms with van der Waals surface area (Å²) in [7, 11) is -1.11. The Morgan fingerprint density at radius 2 is 1.70 bits per heavy atom. The van der Waals surface area contributed by atoms with E-state index >= 15 is 0 Å². The summed E-state index contributed by atoms with van der Waals surface area (Å²) in [5.74, 6) is -0.495. The average Bonchev–Trinajstić information content (AvgIpc) is 2.93. The molecule has 3 aromatic carbocycles. The molecule has 0 N–H and O–H groups in total. The largest absolute Gasteiger partial charge is 0.407 e. The zero-order chi connectivity index (χ0) is 28.9. The summed E-state index contributed by atoms with van der Waals surface area (Å²) in [4.78, 5) is 28.3. The van der Waals surface area contributed by atoms with Gasteiger partial charge in [0.1, 0.15) is 0 Å². The molecule has 205 valence electrons. The van der Waals surface area contributed by atoms with E-state index in [-0.39, 0.29) is 5.41 Å². The molecule has 0 bridgehead atoms. The van der Waals surface area contributed by atoms with Gasteiger partial charge in [-0.1, -0.05) is 93.0 Å². The second kappa shape index (κ2) is 12.4. The molecule has 0 spiro atoms. The number of aromatic nitrogens is 1. The Morgan fingerprint density at radius 1 is 0.950 bits per heavy atom. The predicted molar refractivity (Wildman–Crippen MR) is 167 cm³/mol. The Balaban J connectivity index is 1.71. The number of nitrogens with zero attached hydrogens (tertiary/aromatic N) is 1. The maximum Gasteiger partial charge on any atom is 0.225 e. The molecule has 1 atom stereocenters. The first kappa shape index (κ1) is 29.6. The molecular weight excluding hydrogens is 534 g/mol. The van der Waals surface area contributed by atoms with Crippen LogP contribution in [0.1, 0.15) is 59.9 Å². The van der Waals surface area contributed by atoms with Crippen LogP contribution in [0.5, 0.6) is 0 Å². The van der Waals surface area contributed by atoms with Crippen molar-refractivity contribution < 1.29 is 14.0 Å². The van der Waals surface area contributed by atoms with Crippen molar-refractivity contribution in [3.05, 3.63) is 112 Å². The molecular formula is C34H35ClNO3Si. The zero-order valence-corrected chi connectivity index (χ0v) is 25.5. The third kappa shape index (κ3) is 6.66. The summed E-state index contributed by atoms with van der Waals surface area (Å²) in [6.07, 6.45) is 5.73. The summed E-state index contributed by atoms with van der Waals surface area (Å²) in [6, 6.07) is 25.6. The van der Waals surface area contributed by atoms with Crippen LogP contribution in [-0.2, 0) is 21.2 Å². The fourth-order valence-corrected chi connectivity index (χ4v) is 6.58. The molecule has 4 rings (SSSR count). The summed E-state index contributed by atoms with van der Waals surface area (Å²) in [5.41, 5.74) is 4.30. The number of aldehydes is 1. The molecule has 0 aliphatic carbocycles. The normalized spacial score (nSPS) is 13.6. The number of halogens is 1. The number of hydrogen-bond acceptors (Lipinski definition) is 4.